The highest BCUT2D eigenvalue weighted by atomic mass is 16.3. The fourth-order valence-electron chi connectivity index (χ4n) is 4.46. The number of allylic oxidation sites excluding steroid dienone is 4. The lowest BCUT2D eigenvalue weighted by atomic mass is 9.63. The van der Waals surface area contributed by atoms with Gasteiger partial charge < -0.3 is 10.2 Å². The van der Waals surface area contributed by atoms with Crippen LogP contribution in [0.15, 0.2) is 35.6 Å². The van der Waals surface area contributed by atoms with Gasteiger partial charge in [0.05, 0.1) is 11.9 Å². The van der Waals surface area contributed by atoms with E-state index in [2.05, 4.69) is 33.4 Å². The van der Waals surface area contributed by atoms with Gasteiger partial charge >= 0.3 is 0 Å². The summed E-state index contributed by atoms with van der Waals surface area (Å²) < 4.78 is 0. The molecule has 0 amide bonds. The maximum Gasteiger partial charge on any atom is 0.0914 e. The molecule has 0 bridgehead atoms. The van der Waals surface area contributed by atoms with E-state index in [4.69, 9.17) is 0 Å². The van der Waals surface area contributed by atoms with E-state index in [0.717, 1.165) is 44.9 Å². The fraction of sp³-hybridized carbons (Fsp3) is 0.727. The van der Waals surface area contributed by atoms with Crippen LogP contribution in [0.5, 0.6) is 0 Å². The van der Waals surface area contributed by atoms with Crippen LogP contribution in [0.4, 0.5) is 0 Å². The molecule has 0 fully saturated rings. The first-order valence-electron chi connectivity index (χ1n) is 9.78. The van der Waals surface area contributed by atoms with E-state index in [1.54, 1.807) is 0 Å². The van der Waals surface area contributed by atoms with Crippen molar-refractivity contribution in [1.82, 2.24) is 0 Å². The van der Waals surface area contributed by atoms with Gasteiger partial charge in [-0.3, -0.25) is 0 Å². The summed E-state index contributed by atoms with van der Waals surface area (Å²) in [7, 11) is 0. The van der Waals surface area contributed by atoms with E-state index >= 15 is 0 Å². The Labute approximate surface area is 148 Å². The standard InChI is InChI=1S/C22H36O2/c1-5-7-9-17-15-19(11-13-21(17)24)22(3,4)18-10-12-20(23)16(14-18)8-6-2/h6,10,16,19-20,23-24H,2,5,7-9,11-15H2,1,3-4H3. The monoisotopic (exact) mass is 332 g/mol. The molecule has 2 heteroatoms. The average molecular weight is 333 g/mol. The van der Waals surface area contributed by atoms with Crippen molar-refractivity contribution in [3.63, 3.8) is 0 Å². The third kappa shape index (κ3) is 4.33. The zero-order valence-corrected chi connectivity index (χ0v) is 15.9. The Bertz CT molecular complexity index is 498. The second-order valence-electron chi connectivity index (χ2n) is 8.34. The van der Waals surface area contributed by atoms with Gasteiger partial charge in [-0.05, 0) is 67.8 Å². The minimum absolute atomic E-state index is 0.137. The first-order valence-corrected chi connectivity index (χ1v) is 9.78. The van der Waals surface area contributed by atoms with Gasteiger partial charge in [0.2, 0.25) is 0 Å². The molecule has 2 aliphatic rings. The highest BCUT2D eigenvalue weighted by Gasteiger charge is 2.38. The number of unbranched alkanes of at least 4 members (excludes halogenated alkanes) is 1. The first-order chi connectivity index (χ1) is 11.4. The quantitative estimate of drug-likeness (QED) is 0.554. The molecule has 0 aromatic rings. The van der Waals surface area contributed by atoms with Crippen LogP contribution in [-0.4, -0.2) is 16.3 Å². The van der Waals surface area contributed by atoms with Crippen LogP contribution < -0.4 is 0 Å². The Hall–Kier alpha value is -1.02. The molecule has 2 rings (SSSR count). The lowest BCUT2D eigenvalue weighted by molar-refractivity contribution is 0.0936. The molecule has 24 heavy (non-hydrogen) atoms. The van der Waals surface area contributed by atoms with Crippen LogP contribution in [0.1, 0.15) is 78.6 Å². The van der Waals surface area contributed by atoms with Gasteiger partial charge in [-0.25, -0.2) is 0 Å². The minimum atomic E-state index is -0.224. The number of aliphatic hydroxyl groups is 2. The van der Waals surface area contributed by atoms with E-state index in [1.165, 1.54) is 24.0 Å². The summed E-state index contributed by atoms with van der Waals surface area (Å²) in [5.74, 6) is 1.56. The zero-order chi connectivity index (χ0) is 17.7. The lowest BCUT2D eigenvalue weighted by Gasteiger charge is -2.43. The normalized spacial score (nSPS) is 28.7. The number of rotatable bonds is 7. The van der Waals surface area contributed by atoms with Gasteiger partial charge in [-0.2, -0.15) is 0 Å². The van der Waals surface area contributed by atoms with Crippen molar-refractivity contribution in [2.45, 2.75) is 84.7 Å². The number of aliphatic hydroxyl groups excluding tert-OH is 2. The SMILES string of the molecule is C=CCC1CC(C(C)(C)C2CCC(O)=C(CCCC)C2)=CCC1O. The molecule has 2 nitrogen and oxygen atoms in total. The molecular formula is C22H36O2. The molecule has 0 aromatic heterocycles. The van der Waals surface area contributed by atoms with Crippen molar-refractivity contribution in [2.24, 2.45) is 17.3 Å². The molecule has 0 aromatic carbocycles. The summed E-state index contributed by atoms with van der Waals surface area (Å²) in [6, 6.07) is 0. The molecule has 3 unspecified atom stereocenters. The molecule has 2 aliphatic carbocycles. The third-order valence-corrected chi connectivity index (χ3v) is 6.41. The summed E-state index contributed by atoms with van der Waals surface area (Å²) in [6.07, 6.45) is 13.0. The predicted octanol–water partition coefficient (Wildman–Crippen LogP) is 6.09. The summed E-state index contributed by atoms with van der Waals surface area (Å²) in [5, 5.41) is 20.5. The molecule has 136 valence electrons. The van der Waals surface area contributed by atoms with Crippen LogP contribution in [0.2, 0.25) is 0 Å². The van der Waals surface area contributed by atoms with E-state index in [-0.39, 0.29) is 11.5 Å². The Balaban J connectivity index is 2.11. The van der Waals surface area contributed by atoms with Crippen LogP contribution in [-0.2, 0) is 0 Å². The van der Waals surface area contributed by atoms with Gasteiger partial charge in [0.25, 0.3) is 0 Å². The summed E-state index contributed by atoms with van der Waals surface area (Å²) in [4.78, 5) is 0. The Kier molecular flexibility index (Phi) is 6.74. The molecule has 0 saturated carbocycles. The minimum Gasteiger partial charge on any atom is -0.512 e. The van der Waals surface area contributed by atoms with Gasteiger partial charge in [0.15, 0.2) is 0 Å². The topological polar surface area (TPSA) is 40.5 Å². The molecule has 2 N–H and O–H groups in total. The maximum atomic E-state index is 10.3. The molecule has 0 saturated heterocycles. The Morgan fingerprint density at radius 1 is 1.33 bits per heavy atom. The molecule has 0 aliphatic heterocycles. The average Bonchev–Trinajstić information content (AvgIpc) is 2.56. The summed E-state index contributed by atoms with van der Waals surface area (Å²) >= 11 is 0. The van der Waals surface area contributed by atoms with Gasteiger partial charge in [0.1, 0.15) is 0 Å². The zero-order valence-electron chi connectivity index (χ0n) is 15.9. The van der Waals surface area contributed by atoms with Crippen LogP contribution in [0.3, 0.4) is 0 Å². The number of hydrogen-bond acceptors (Lipinski definition) is 2. The molecule has 0 heterocycles. The number of hydrogen-bond donors (Lipinski definition) is 2. The van der Waals surface area contributed by atoms with Crippen molar-refractivity contribution >= 4 is 0 Å². The first kappa shape index (κ1) is 19.3. The van der Waals surface area contributed by atoms with Gasteiger partial charge in [0, 0.05) is 6.42 Å². The highest BCUT2D eigenvalue weighted by Crippen LogP contribution is 2.48. The van der Waals surface area contributed by atoms with Crippen LogP contribution in [0.25, 0.3) is 0 Å². The van der Waals surface area contributed by atoms with Crippen molar-refractivity contribution < 1.29 is 10.2 Å². The van der Waals surface area contributed by atoms with Crippen LogP contribution >= 0.6 is 0 Å². The van der Waals surface area contributed by atoms with E-state index in [9.17, 15) is 10.2 Å². The van der Waals surface area contributed by atoms with Crippen molar-refractivity contribution in [3.05, 3.63) is 35.6 Å². The van der Waals surface area contributed by atoms with E-state index < -0.39 is 0 Å². The third-order valence-electron chi connectivity index (χ3n) is 6.41. The second kappa shape index (κ2) is 8.38. The van der Waals surface area contributed by atoms with E-state index in [0.29, 0.717) is 17.6 Å². The van der Waals surface area contributed by atoms with Crippen molar-refractivity contribution in [2.75, 3.05) is 0 Å². The van der Waals surface area contributed by atoms with Crippen molar-refractivity contribution in [3.8, 4) is 0 Å². The molecule has 3 atom stereocenters. The second-order valence-corrected chi connectivity index (χ2v) is 8.34. The van der Waals surface area contributed by atoms with Crippen molar-refractivity contribution in [1.29, 1.82) is 0 Å². The summed E-state index contributed by atoms with van der Waals surface area (Å²) in [5.41, 5.74) is 2.93. The van der Waals surface area contributed by atoms with Crippen LogP contribution in [0, 0.1) is 17.3 Å². The molecular weight excluding hydrogens is 296 g/mol. The predicted molar refractivity (Wildman–Crippen MR) is 102 cm³/mol. The lowest BCUT2D eigenvalue weighted by Crippen LogP contribution is -2.34. The Morgan fingerprint density at radius 2 is 2.08 bits per heavy atom. The van der Waals surface area contributed by atoms with Gasteiger partial charge in [-0.15, -0.1) is 6.58 Å². The van der Waals surface area contributed by atoms with E-state index in [1.807, 2.05) is 6.08 Å². The highest BCUT2D eigenvalue weighted by molar-refractivity contribution is 5.22. The summed E-state index contributed by atoms with van der Waals surface area (Å²) in [6.45, 7) is 10.8. The maximum absolute atomic E-state index is 10.3. The smallest absolute Gasteiger partial charge is 0.0914 e. The molecule has 0 radical (unpaired) electrons. The van der Waals surface area contributed by atoms with Gasteiger partial charge in [-0.1, -0.05) is 44.9 Å². The molecule has 0 spiro atoms. The fourth-order valence-corrected chi connectivity index (χ4v) is 4.46. The Morgan fingerprint density at radius 3 is 2.75 bits per heavy atom. The largest absolute Gasteiger partial charge is 0.512 e.